The predicted molar refractivity (Wildman–Crippen MR) is 156 cm³/mol. The lowest BCUT2D eigenvalue weighted by molar-refractivity contribution is -0.122. The standard InChI is InChI=1S/C23H43N5O16P2/c24-4-7-39-9-11-41-13-12-40-10-8-38-6-3-18(29)26-5-1-2-16-14-28(23(31)27-21(16)25)22-19(30)20(44-46(35,36)37)17(43-22)15-42-45(32,33)34/h14,17,19-20,22,30H,1-13,15,24H2,(H,26,29)(H2,25,27,31)(H2,32,33,34)(H2,35,36,37)/t17-,19?,20+,22-/m1/s1. The van der Waals surface area contributed by atoms with Crippen molar-refractivity contribution in [3.63, 3.8) is 0 Å². The summed E-state index contributed by atoms with van der Waals surface area (Å²) in [6.45, 7) is 2.81. The molecule has 1 aliphatic heterocycles. The van der Waals surface area contributed by atoms with Crippen LogP contribution in [0.4, 0.5) is 5.82 Å². The van der Waals surface area contributed by atoms with E-state index in [-0.39, 0.29) is 37.7 Å². The number of aliphatic hydroxyl groups is 1. The summed E-state index contributed by atoms with van der Waals surface area (Å²) in [5.74, 6) is -0.396. The van der Waals surface area contributed by atoms with Gasteiger partial charge in [-0.2, -0.15) is 4.98 Å². The van der Waals surface area contributed by atoms with Crippen LogP contribution in [0.1, 0.15) is 24.6 Å². The summed E-state index contributed by atoms with van der Waals surface area (Å²) < 4.78 is 58.9. The molecule has 1 unspecified atom stereocenters. The summed E-state index contributed by atoms with van der Waals surface area (Å²) in [6, 6.07) is 0. The molecular weight excluding hydrogens is 664 g/mol. The Balaban J connectivity index is 1.76. The molecule has 2 heterocycles. The van der Waals surface area contributed by atoms with Crippen LogP contribution >= 0.6 is 15.6 Å². The zero-order valence-electron chi connectivity index (χ0n) is 25.0. The Labute approximate surface area is 263 Å². The second-order valence-corrected chi connectivity index (χ2v) is 12.1. The number of hydrogen-bond acceptors (Lipinski definition) is 15. The number of hydrogen-bond donors (Lipinski definition) is 8. The molecule has 1 aliphatic rings. The Morgan fingerprint density at radius 1 is 0.978 bits per heavy atom. The van der Waals surface area contributed by atoms with Gasteiger partial charge in [0, 0.05) is 31.3 Å². The van der Waals surface area contributed by atoms with E-state index in [2.05, 4.69) is 19.3 Å². The molecule has 2 rings (SSSR count). The maximum Gasteiger partial charge on any atom is 0.470 e. The van der Waals surface area contributed by atoms with Crippen LogP contribution in [0.25, 0.3) is 0 Å². The molecule has 0 aliphatic carbocycles. The zero-order chi connectivity index (χ0) is 34.2. The smallest absolute Gasteiger partial charge is 0.386 e. The number of nitrogen functional groups attached to an aromatic ring is 1. The van der Waals surface area contributed by atoms with Gasteiger partial charge in [0.1, 0.15) is 24.1 Å². The van der Waals surface area contributed by atoms with E-state index >= 15 is 0 Å². The van der Waals surface area contributed by atoms with E-state index in [0.29, 0.717) is 64.8 Å². The highest BCUT2D eigenvalue weighted by atomic mass is 31.2. The second kappa shape index (κ2) is 20.5. The van der Waals surface area contributed by atoms with Gasteiger partial charge in [-0.15, -0.1) is 0 Å². The molecule has 1 amide bonds. The first-order chi connectivity index (χ1) is 21.7. The normalized spacial score (nSPS) is 20.3. The minimum absolute atomic E-state index is 0.113. The molecule has 0 aromatic carbocycles. The van der Waals surface area contributed by atoms with E-state index < -0.39 is 52.5 Å². The first-order valence-electron chi connectivity index (χ1n) is 14.1. The van der Waals surface area contributed by atoms with Crippen molar-refractivity contribution in [2.75, 3.05) is 78.3 Å². The number of phosphoric ester groups is 2. The Hall–Kier alpha value is -1.91. The van der Waals surface area contributed by atoms with Gasteiger partial charge >= 0.3 is 21.3 Å². The minimum atomic E-state index is -5.22. The molecule has 23 heteroatoms. The van der Waals surface area contributed by atoms with Crippen LogP contribution in [0.2, 0.25) is 0 Å². The molecule has 266 valence electrons. The number of nitrogens with one attached hydrogen (secondary N) is 1. The highest BCUT2D eigenvalue weighted by Crippen LogP contribution is 2.45. The summed E-state index contributed by atoms with van der Waals surface area (Å²) in [7, 11) is -10.3. The van der Waals surface area contributed by atoms with Gasteiger partial charge in [-0.3, -0.25) is 18.4 Å². The van der Waals surface area contributed by atoms with Crippen molar-refractivity contribution in [1.29, 1.82) is 0 Å². The molecule has 46 heavy (non-hydrogen) atoms. The number of aliphatic hydroxyl groups excluding tert-OH is 1. The van der Waals surface area contributed by atoms with Crippen LogP contribution in [-0.2, 0) is 53.1 Å². The fraction of sp³-hybridized carbons (Fsp3) is 0.783. The maximum atomic E-state index is 12.6. The zero-order valence-corrected chi connectivity index (χ0v) is 26.7. The maximum absolute atomic E-state index is 12.6. The van der Waals surface area contributed by atoms with Gasteiger partial charge in [-0.25, -0.2) is 13.9 Å². The van der Waals surface area contributed by atoms with E-state index in [4.69, 9.17) is 44.9 Å². The topological polar surface area (TPSA) is 316 Å². The molecule has 1 saturated heterocycles. The Bertz CT molecular complexity index is 1210. The Morgan fingerprint density at radius 2 is 1.57 bits per heavy atom. The van der Waals surface area contributed by atoms with Crippen molar-refractivity contribution in [1.82, 2.24) is 14.9 Å². The monoisotopic (exact) mass is 707 g/mol. The van der Waals surface area contributed by atoms with Crippen LogP contribution in [0.5, 0.6) is 0 Å². The lowest BCUT2D eigenvalue weighted by atomic mass is 10.1. The van der Waals surface area contributed by atoms with Crippen LogP contribution in [0, 0.1) is 0 Å². The molecule has 1 fully saturated rings. The van der Waals surface area contributed by atoms with E-state index in [0.717, 1.165) is 4.57 Å². The third kappa shape index (κ3) is 15.8. The minimum Gasteiger partial charge on any atom is -0.386 e. The van der Waals surface area contributed by atoms with Gasteiger partial charge in [-0.05, 0) is 12.8 Å². The number of aryl methyl sites for hydroxylation is 1. The number of nitrogens with two attached hydrogens (primary N) is 2. The van der Waals surface area contributed by atoms with Crippen LogP contribution in [-0.4, -0.2) is 131 Å². The van der Waals surface area contributed by atoms with Crippen molar-refractivity contribution in [3.05, 3.63) is 22.2 Å². The van der Waals surface area contributed by atoms with Gasteiger partial charge in [0.15, 0.2) is 6.23 Å². The molecule has 4 atom stereocenters. The molecule has 0 bridgehead atoms. The highest BCUT2D eigenvalue weighted by Gasteiger charge is 2.49. The molecule has 1 aromatic rings. The van der Waals surface area contributed by atoms with Crippen molar-refractivity contribution in [3.8, 4) is 0 Å². The molecule has 0 spiro atoms. The van der Waals surface area contributed by atoms with Gasteiger partial charge < -0.3 is 65.1 Å². The average Bonchev–Trinajstić information content (AvgIpc) is 3.26. The number of amides is 1. The van der Waals surface area contributed by atoms with Crippen LogP contribution in [0.15, 0.2) is 11.0 Å². The van der Waals surface area contributed by atoms with E-state index in [9.17, 15) is 33.6 Å². The fourth-order valence-electron chi connectivity index (χ4n) is 4.04. The van der Waals surface area contributed by atoms with Crippen LogP contribution in [0.3, 0.4) is 0 Å². The van der Waals surface area contributed by atoms with Gasteiger partial charge in [0.2, 0.25) is 5.91 Å². The predicted octanol–water partition coefficient (Wildman–Crippen LogP) is -2.86. The van der Waals surface area contributed by atoms with Crippen LogP contribution < -0.4 is 22.5 Å². The largest absolute Gasteiger partial charge is 0.470 e. The van der Waals surface area contributed by atoms with E-state index in [1.165, 1.54) is 6.20 Å². The third-order valence-corrected chi connectivity index (χ3v) is 7.11. The number of rotatable bonds is 24. The number of ether oxygens (including phenoxy) is 5. The second-order valence-electron chi connectivity index (χ2n) is 9.69. The summed E-state index contributed by atoms with van der Waals surface area (Å²) in [4.78, 5) is 64.7. The summed E-state index contributed by atoms with van der Waals surface area (Å²) >= 11 is 0. The van der Waals surface area contributed by atoms with Gasteiger partial charge in [-0.1, -0.05) is 0 Å². The summed E-state index contributed by atoms with van der Waals surface area (Å²) in [6.07, 6.45) is -5.06. The number of carbonyl (C=O) groups excluding carboxylic acids is 1. The van der Waals surface area contributed by atoms with Crippen molar-refractivity contribution in [2.45, 2.75) is 43.8 Å². The first-order valence-corrected chi connectivity index (χ1v) is 17.2. The molecule has 0 radical (unpaired) electrons. The lowest BCUT2D eigenvalue weighted by Gasteiger charge is -2.21. The average molecular weight is 708 g/mol. The fourth-order valence-corrected chi connectivity index (χ4v) is 4.96. The van der Waals surface area contributed by atoms with Crippen molar-refractivity contribution >= 4 is 27.4 Å². The molecule has 0 saturated carbocycles. The third-order valence-electron chi connectivity index (χ3n) is 6.11. The Kier molecular flexibility index (Phi) is 17.9. The number of anilines is 1. The highest BCUT2D eigenvalue weighted by molar-refractivity contribution is 7.46. The lowest BCUT2D eigenvalue weighted by Crippen LogP contribution is -2.38. The number of phosphoric acid groups is 2. The van der Waals surface area contributed by atoms with Gasteiger partial charge in [0.25, 0.3) is 0 Å². The van der Waals surface area contributed by atoms with E-state index in [1.807, 2.05) is 0 Å². The van der Waals surface area contributed by atoms with E-state index in [1.54, 1.807) is 0 Å². The number of carbonyl (C=O) groups is 1. The quantitative estimate of drug-likeness (QED) is 0.0395. The SMILES string of the molecule is NCCOCCOCCOCCOCCC(=O)NCCCc1cn([C@@H]2O[C@H](COP(=O)(O)O)[C@H](OP(=O)(O)O)C2O)c(=O)nc1N. The first kappa shape index (κ1) is 40.3. The molecule has 10 N–H and O–H groups in total. The molecule has 1 aromatic heterocycles. The Morgan fingerprint density at radius 3 is 2.13 bits per heavy atom. The van der Waals surface area contributed by atoms with Crippen molar-refractivity contribution in [2.24, 2.45) is 5.73 Å². The number of aromatic nitrogens is 2. The number of nitrogens with zero attached hydrogens (tertiary/aromatic N) is 2. The molecular formula is C23H43N5O16P2. The summed E-state index contributed by atoms with van der Waals surface area (Å²) in [5.41, 5.74) is 10.5. The van der Waals surface area contributed by atoms with Crippen molar-refractivity contribution < 1.29 is 71.3 Å². The summed E-state index contributed by atoms with van der Waals surface area (Å²) in [5, 5.41) is 13.4. The molecule has 21 nitrogen and oxygen atoms in total. The van der Waals surface area contributed by atoms with Gasteiger partial charge in [0.05, 0.1) is 59.5 Å².